The highest BCUT2D eigenvalue weighted by Crippen LogP contribution is 2.12. The highest BCUT2D eigenvalue weighted by molar-refractivity contribution is 7.11. The smallest absolute Gasteiger partial charge is 0.263 e. The predicted octanol–water partition coefficient (Wildman–Crippen LogP) is 1.96. The van der Waals surface area contributed by atoms with Gasteiger partial charge in [0, 0.05) is 6.54 Å². The predicted molar refractivity (Wildman–Crippen MR) is 79.4 cm³/mol. The van der Waals surface area contributed by atoms with Crippen molar-refractivity contribution in [2.75, 3.05) is 0 Å². The molecule has 6 nitrogen and oxygen atoms in total. The zero-order valence-corrected chi connectivity index (χ0v) is 12.2. The third-order valence-corrected chi connectivity index (χ3v) is 3.95. The molecule has 0 unspecified atom stereocenters. The van der Waals surface area contributed by atoms with Crippen molar-refractivity contribution >= 4 is 17.2 Å². The molecule has 0 fully saturated rings. The Labute approximate surface area is 125 Å². The summed E-state index contributed by atoms with van der Waals surface area (Å²) >= 11 is 1.35. The molecular weight excluding hydrogens is 286 g/mol. The van der Waals surface area contributed by atoms with Crippen molar-refractivity contribution in [2.24, 2.45) is 0 Å². The van der Waals surface area contributed by atoms with E-state index in [-0.39, 0.29) is 5.91 Å². The number of nitrogens with zero attached hydrogens (tertiary/aromatic N) is 4. The normalized spacial score (nSPS) is 10.5. The molecule has 2 aromatic heterocycles. The number of carbonyl (C=O) groups excluding carboxylic acids is 1. The van der Waals surface area contributed by atoms with E-state index in [0.29, 0.717) is 11.4 Å². The molecule has 0 atom stereocenters. The zero-order chi connectivity index (χ0) is 14.7. The Morgan fingerprint density at radius 1 is 1.33 bits per heavy atom. The molecule has 0 saturated heterocycles. The van der Waals surface area contributed by atoms with E-state index < -0.39 is 0 Å². The number of hydrogen-bond donors (Lipinski definition) is 1. The van der Waals surface area contributed by atoms with Crippen LogP contribution in [0.15, 0.2) is 42.4 Å². The molecule has 1 N–H and O–H groups in total. The number of aryl methyl sites for hydroxylation is 1. The summed E-state index contributed by atoms with van der Waals surface area (Å²) in [7, 11) is 0. The standard InChI is InChI=1S/C14H13N5OS/c1-10-13(21-9-17-10)14(20)16-6-11-2-4-12(5-3-11)19-8-15-7-18-19/h2-5,7-9H,6H2,1H3,(H,16,20). The van der Waals surface area contributed by atoms with Crippen molar-refractivity contribution in [3.05, 3.63) is 58.6 Å². The van der Waals surface area contributed by atoms with Crippen LogP contribution < -0.4 is 5.32 Å². The molecule has 0 aliphatic rings. The van der Waals surface area contributed by atoms with Crippen LogP contribution in [0.25, 0.3) is 5.69 Å². The molecule has 3 rings (SSSR count). The van der Waals surface area contributed by atoms with E-state index in [9.17, 15) is 4.79 Å². The van der Waals surface area contributed by atoms with Crippen molar-refractivity contribution in [3.8, 4) is 5.69 Å². The first-order chi connectivity index (χ1) is 10.2. The molecule has 21 heavy (non-hydrogen) atoms. The van der Waals surface area contributed by atoms with Gasteiger partial charge in [-0.05, 0) is 24.6 Å². The van der Waals surface area contributed by atoms with Gasteiger partial charge >= 0.3 is 0 Å². The lowest BCUT2D eigenvalue weighted by molar-refractivity contribution is 0.0954. The van der Waals surface area contributed by atoms with Gasteiger partial charge in [0.25, 0.3) is 5.91 Å². The van der Waals surface area contributed by atoms with E-state index in [2.05, 4.69) is 20.4 Å². The molecule has 0 saturated carbocycles. The van der Waals surface area contributed by atoms with E-state index in [0.717, 1.165) is 16.9 Å². The Morgan fingerprint density at radius 3 is 2.76 bits per heavy atom. The third-order valence-electron chi connectivity index (χ3n) is 3.02. The monoisotopic (exact) mass is 299 g/mol. The Kier molecular flexibility index (Phi) is 3.74. The second-order valence-electron chi connectivity index (χ2n) is 4.46. The van der Waals surface area contributed by atoms with Gasteiger partial charge in [0.1, 0.15) is 17.5 Å². The topological polar surface area (TPSA) is 72.7 Å². The van der Waals surface area contributed by atoms with E-state index in [1.165, 1.54) is 17.7 Å². The maximum atomic E-state index is 12.0. The molecular formula is C14H13N5OS. The fourth-order valence-corrected chi connectivity index (χ4v) is 2.61. The number of hydrogen-bond acceptors (Lipinski definition) is 5. The highest BCUT2D eigenvalue weighted by Gasteiger charge is 2.10. The largest absolute Gasteiger partial charge is 0.347 e. The van der Waals surface area contributed by atoms with Gasteiger partial charge in [-0.15, -0.1) is 11.3 Å². The summed E-state index contributed by atoms with van der Waals surface area (Å²) in [5, 5.41) is 6.96. The Hall–Kier alpha value is -2.54. The molecule has 0 aliphatic heterocycles. The Morgan fingerprint density at radius 2 is 2.14 bits per heavy atom. The minimum absolute atomic E-state index is 0.0876. The summed E-state index contributed by atoms with van der Waals surface area (Å²) in [5.74, 6) is -0.0876. The van der Waals surface area contributed by atoms with Crippen molar-refractivity contribution in [1.29, 1.82) is 0 Å². The van der Waals surface area contributed by atoms with Gasteiger partial charge in [0.15, 0.2) is 0 Å². The maximum absolute atomic E-state index is 12.0. The second-order valence-corrected chi connectivity index (χ2v) is 5.31. The molecule has 1 amide bonds. The summed E-state index contributed by atoms with van der Waals surface area (Å²) in [4.78, 5) is 20.6. The average molecular weight is 299 g/mol. The Bertz CT molecular complexity index is 733. The van der Waals surface area contributed by atoms with Crippen molar-refractivity contribution in [2.45, 2.75) is 13.5 Å². The number of benzene rings is 1. The van der Waals surface area contributed by atoms with Crippen LogP contribution in [0.5, 0.6) is 0 Å². The van der Waals surface area contributed by atoms with Gasteiger partial charge in [-0.2, -0.15) is 5.10 Å². The van der Waals surface area contributed by atoms with Crippen molar-refractivity contribution in [3.63, 3.8) is 0 Å². The lowest BCUT2D eigenvalue weighted by Gasteiger charge is -2.06. The minimum Gasteiger partial charge on any atom is -0.347 e. The molecule has 7 heteroatoms. The van der Waals surface area contributed by atoms with Gasteiger partial charge in [-0.25, -0.2) is 14.6 Å². The fraction of sp³-hybridized carbons (Fsp3) is 0.143. The van der Waals surface area contributed by atoms with Crippen LogP contribution >= 0.6 is 11.3 Å². The van der Waals surface area contributed by atoms with E-state index in [1.807, 2.05) is 31.2 Å². The molecule has 0 aliphatic carbocycles. The first-order valence-electron chi connectivity index (χ1n) is 6.36. The van der Waals surface area contributed by atoms with Crippen LogP contribution in [-0.4, -0.2) is 25.7 Å². The van der Waals surface area contributed by atoms with Gasteiger partial charge in [-0.3, -0.25) is 4.79 Å². The molecule has 2 heterocycles. The lowest BCUT2D eigenvalue weighted by atomic mass is 10.2. The highest BCUT2D eigenvalue weighted by atomic mass is 32.1. The van der Waals surface area contributed by atoms with Crippen molar-refractivity contribution in [1.82, 2.24) is 25.1 Å². The van der Waals surface area contributed by atoms with E-state index >= 15 is 0 Å². The number of amides is 1. The summed E-state index contributed by atoms with van der Waals surface area (Å²) in [6, 6.07) is 7.79. The molecule has 0 radical (unpaired) electrons. The lowest BCUT2D eigenvalue weighted by Crippen LogP contribution is -2.22. The number of nitrogens with one attached hydrogen (secondary N) is 1. The van der Waals surface area contributed by atoms with Crippen molar-refractivity contribution < 1.29 is 4.79 Å². The van der Waals surface area contributed by atoms with Crippen LogP contribution in [0, 0.1) is 6.92 Å². The first kappa shape index (κ1) is 13.4. The Balaban J connectivity index is 1.64. The SMILES string of the molecule is Cc1ncsc1C(=O)NCc1ccc(-n2cncn2)cc1. The third kappa shape index (κ3) is 2.97. The molecule has 1 aromatic carbocycles. The first-order valence-corrected chi connectivity index (χ1v) is 7.24. The van der Waals surface area contributed by atoms with Gasteiger partial charge in [0.05, 0.1) is 16.9 Å². The second kappa shape index (κ2) is 5.84. The summed E-state index contributed by atoms with van der Waals surface area (Å²) < 4.78 is 1.68. The minimum atomic E-state index is -0.0876. The average Bonchev–Trinajstić information content (AvgIpc) is 3.16. The van der Waals surface area contributed by atoms with Gasteiger partial charge in [0.2, 0.25) is 0 Å². The molecule has 106 valence electrons. The number of aromatic nitrogens is 4. The van der Waals surface area contributed by atoms with E-state index in [1.54, 1.807) is 16.5 Å². The number of rotatable bonds is 4. The van der Waals surface area contributed by atoms with Crippen LogP contribution in [0.2, 0.25) is 0 Å². The number of carbonyl (C=O) groups is 1. The summed E-state index contributed by atoms with van der Waals surface area (Å²) in [6.45, 7) is 2.31. The van der Waals surface area contributed by atoms with Crippen LogP contribution in [0.4, 0.5) is 0 Å². The molecule has 0 bridgehead atoms. The molecule has 3 aromatic rings. The number of thiazole rings is 1. The van der Waals surface area contributed by atoms with Gasteiger partial charge < -0.3 is 5.32 Å². The maximum Gasteiger partial charge on any atom is 0.263 e. The summed E-state index contributed by atoms with van der Waals surface area (Å²) in [6.07, 6.45) is 3.13. The van der Waals surface area contributed by atoms with Crippen LogP contribution in [0.3, 0.4) is 0 Å². The fourth-order valence-electron chi connectivity index (χ4n) is 1.89. The van der Waals surface area contributed by atoms with Gasteiger partial charge in [-0.1, -0.05) is 12.1 Å². The van der Waals surface area contributed by atoms with Crippen LogP contribution in [-0.2, 0) is 6.54 Å². The summed E-state index contributed by atoms with van der Waals surface area (Å²) in [5.41, 5.74) is 4.39. The van der Waals surface area contributed by atoms with E-state index in [4.69, 9.17) is 0 Å². The zero-order valence-electron chi connectivity index (χ0n) is 11.4. The molecule has 0 spiro atoms. The van der Waals surface area contributed by atoms with Crippen LogP contribution in [0.1, 0.15) is 20.9 Å². The quantitative estimate of drug-likeness (QED) is 0.799.